The van der Waals surface area contributed by atoms with Crippen molar-refractivity contribution < 1.29 is 0 Å². The molecule has 2 aliphatic heterocycles. The molecule has 2 heterocycles. The second kappa shape index (κ2) is 5.27. The molecule has 0 bridgehead atoms. The maximum absolute atomic E-state index is 2.57. The first-order valence-corrected chi connectivity index (χ1v) is 9.83. The van der Waals surface area contributed by atoms with Gasteiger partial charge < -0.3 is 0 Å². The molecule has 2 unspecified atom stereocenters. The Morgan fingerprint density at radius 2 is 0.929 bits per heavy atom. The topological polar surface area (TPSA) is 0 Å². The van der Waals surface area contributed by atoms with Crippen molar-refractivity contribution in [1.29, 1.82) is 0 Å². The van der Waals surface area contributed by atoms with Gasteiger partial charge in [0.25, 0.3) is 0 Å². The van der Waals surface area contributed by atoms with Gasteiger partial charge in [-0.05, 0) is 61.6 Å². The molecule has 2 rings (SSSR count). The maximum Gasteiger partial charge on any atom is -0.0173 e. The van der Waals surface area contributed by atoms with E-state index >= 15 is 0 Å². The lowest BCUT2D eigenvalue weighted by atomic mass is 10.4. The Morgan fingerprint density at radius 1 is 0.643 bits per heavy atom. The lowest BCUT2D eigenvalue weighted by molar-refractivity contribution is 0.896. The molecule has 0 saturated carbocycles. The summed E-state index contributed by atoms with van der Waals surface area (Å²) in [5.74, 6) is 0. The Morgan fingerprint density at radius 3 is 1.21 bits per heavy atom. The fourth-order valence-electron chi connectivity index (χ4n) is 2.91. The van der Waals surface area contributed by atoms with E-state index in [1.165, 1.54) is 0 Å². The van der Waals surface area contributed by atoms with Gasteiger partial charge in [-0.3, -0.25) is 0 Å². The van der Waals surface area contributed by atoms with Gasteiger partial charge in [-0.25, -0.2) is 0 Å². The second-order valence-electron chi connectivity index (χ2n) is 4.97. The molecule has 0 spiro atoms. The molecule has 0 radical (unpaired) electrons. The van der Waals surface area contributed by atoms with Crippen LogP contribution < -0.4 is 0 Å². The maximum atomic E-state index is 2.57. The zero-order chi connectivity index (χ0) is 9.97. The first-order chi connectivity index (χ1) is 6.79. The van der Waals surface area contributed by atoms with Gasteiger partial charge in [0.15, 0.2) is 0 Å². The van der Waals surface area contributed by atoms with Crippen LogP contribution in [0.3, 0.4) is 0 Å². The van der Waals surface area contributed by atoms with Crippen molar-refractivity contribution in [3.8, 4) is 0 Å². The van der Waals surface area contributed by atoms with Crippen LogP contribution in [0, 0.1) is 0 Å². The first kappa shape index (κ1) is 11.3. The third-order valence-corrected chi connectivity index (χ3v) is 11.1. The van der Waals surface area contributed by atoms with Crippen molar-refractivity contribution in [2.24, 2.45) is 0 Å². The van der Waals surface area contributed by atoms with Crippen LogP contribution in [0.25, 0.3) is 0 Å². The normalized spacial score (nSPS) is 29.6. The van der Waals surface area contributed by atoms with Crippen molar-refractivity contribution in [2.45, 2.75) is 50.8 Å². The molecule has 0 amide bonds. The number of hydrogen-bond acceptors (Lipinski definition) is 0. The highest BCUT2D eigenvalue weighted by atomic mass is 31.1. The molecule has 0 nitrogen and oxygen atoms in total. The van der Waals surface area contributed by atoms with E-state index in [1.807, 2.05) is 0 Å². The molecule has 0 aromatic rings. The van der Waals surface area contributed by atoms with Crippen LogP contribution in [0.5, 0.6) is 0 Å². The molecular formula is C12H24P2. The van der Waals surface area contributed by atoms with Gasteiger partial charge in [-0.1, -0.05) is 13.8 Å². The highest BCUT2D eigenvalue weighted by Gasteiger charge is 2.30. The molecule has 0 aromatic carbocycles. The van der Waals surface area contributed by atoms with Crippen molar-refractivity contribution >= 4 is 15.8 Å². The van der Waals surface area contributed by atoms with E-state index in [0.29, 0.717) is 15.8 Å². The van der Waals surface area contributed by atoms with Crippen LogP contribution in [-0.2, 0) is 0 Å². The summed E-state index contributed by atoms with van der Waals surface area (Å²) in [5, 5.41) is 0. The molecule has 14 heavy (non-hydrogen) atoms. The monoisotopic (exact) mass is 230 g/mol. The van der Waals surface area contributed by atoms with Crippen molar-refractivity contribution in [3.05, 3.63) is 0 Å². The summed E-state index contributed by atoms with van der Waals surface area (Å²) in [6.45, 7) is 5.14. The van der Waals surface area contributed by atoms with Gasteiger partial charge in [0.2, 0.25) is 0 Å². The standard InChI is InChI=1S/C12H24P2/c1-11(13-7-3-4-8-13)12(2)14-9-5-6-10-14/h11-12H,3-10H2,1-2H3. The van der Waals surface area contributed by atoms with Gasteiger partial charge in [-0.15, -0.1) is 15.8 Å². The summed E-state index contributed by atoms with van der Waals surface area (Å²) in [6, 6.07) is 0. The minimum absolute atomic E-state index is 0.454. The van der Waals surface area contributed by atoms with Crippen LogP contribution in [-0.4, -0.2) is 36.0 Å². The van der Waals surface area contributed by atoms with Crippen molar-refractivity contribution in [2.75, 3.05) is 24.6 Å². The summed E-state index contributed by atoms with van der Waals surface area (Å²) in [7, 11) is 0.909. The number of hydrogen-bond donors (Lipinski definition) is 0. The molecule has 0 N–H and O–H groups in total. The van der Waals surface area contributed by atoms with E-state index in [1.54, 1.807) is 50.3 Å². The lowest BCUT2D eigenvalue weighted by Gasteiger charge is -2.30. The summed E-state index contributed by atoms with van der Waals surface area (Å²) in [4.78, 5) is 0. The van der Waals surface area contributed by atoms with E-state index in [-0.39, 0.29) is 0 Å². The average Bonchev–Trinajstić information content (AvgIpc) is 2.87. The largest absolute Gasteiger partial charge is 0.103 e. The van der Waals surface area contributed by atoms with Crippen LogP contribution in [0.2, 0.25) is 0 Å². The summed E-state index contributed by atoms with van der Waals surface area (Å²) in [6.07, 6.45) is 12.6. The van der Waals surface area contributed by atoms with E-state index in [9.17, 15) is 0 Å². The van der Waals surface area contributed by atoms with Gasteiger partial charge in [0.05, 0.1) is 0 Å². The molecule has 2 atom stereocenters. The third-order valence-electron chi connectivity index (χ3n) is 4.13. The summed E-state index contributed by atoms with van der Waals surface area (Å²) in [5.41, 5.74) is 2.19. The van der Waals surface area contributed by atoms with Gasteiger partial charge >= 0.3 is 0 Å². The zero-order valence-corrected chi connectivity index (χ0v) is 11.5. The number of rotatable bonds is 3. The van der Waals surface area contributed by atoms with Gasteiger partial charge in [0.1, 0.15) is 0 Å². The van der Waals surface area contributed by atoms with E-state index < -0.39 is 0 Å². The van der Waals surface area contributed by atoms with Crippen LogP contribution >= 0.6 is 15.8 Å². The molecule has 2 aliphatic rings. The minimum atomic E-state index is 0.454. The molecule has 2 heteroatoms. The Bertz CT molecular complexity index is 149. The predicted molar refractivity (Wildman–Crippen MR) is 70.7 cm³/mol. The minimum Gasteiger partial charge on any atom is -0.103 e. The SMILES string of the molecule is CC(C(C)P1CCCC1)P1CCCC1. The summed E-state index contributed by atoms with van der Waals surface area (Å²) < 4.78 is 0. The quantitative estimate of drug-likeness (QED) is 0.633. The average molecular weight is 230 g/mol. The Hall–Kier alpha value is 0.860. The van der Waals surface area contributed by atoms with E-state index in [4.69, 9.17) is 0 Å². The Balaban J connectivity index is 1.85. The Labute approximate surface area is 91.7 Å². The van der Waals surface area contributed by atoms with E-state index in [0.717, 1.165) is 11.3 Å². The van der Waals surface area contributed by atoms with E-state index in [2.05, 4.69) is 13.8 Å². The molecule has 0 aliphatic carbocycles. The van der Waals surface area contributed by atoms with Crippen LogP contribution in [0.4, 0.5) is 0 Å². The van der Waals surface area contributed by atoms with Crippen LogP contribution in [0.1, 0.15) is 39.5 Å². The van der Waals surface area contributed by atoms with Gasteiger partial charge in [-0.2, -0.15) is 0 Å². The first-order valence-electron chi connectivity index (χ1n) is 6.27. The zero-order valence-electron chi connectivity index (χ0n) is 9.71. The highest BCUT2D eigenvalue weighted by molar-refractivity contribution is 7.63. The molecule has 2 fully saturated rings. The Kier molecular flexibility index (Phi) is 4.27. The van der Waals surface area contributed by atoms with Crippen molar-refractivity contribution in [1.82, 2.24) is 0 Å². The molecule has 0 aromatic heterocycles. The second-order valence-corrected chi connectivity index (χ2v) is 10.7. The molecule has 82 valence electrons. The third kappa shape index (κ3) is 2.51. The van der Waals surface area contributed by atoms with Crippen LogP contribution in [0.15, 0.2) is 0 Å². The summed E-state index contributed by atoms with van der Waals surface area (Å²) >= 11 is 0. The molecular weight excluding hydrogens is 206 g/mol. The predicted octanol–water partition coefficient (Wildman–Crippen LogP) is 4.31. The van der Waals surface area contributed by atoms with Gasteiger partial charge in [0, 0.05) is 0 Å². The highest BCUT2D eigenvalue weighted by Crippen LogP contribution is 2.57. The fourth-order valence-corrected chi connectivity index (χ4v) is 9.86. The lowest BCUT2D eigenvalue weighted by Crippen LogP contribution is -2.18. The molecule has 2 saturated heterocycles. The smallest absolute Gasteiger partial charge is 0.0173 e. The fraction of sp³-hybridized carbons (Fsp3) is 1.00. The van der Waals surface area contributed by atoms with Crippen molar-refractivity contribution in [3.63, 3.8) is 0 Å².